The van der Waals surface area contributed by atoms with Gasteiger partial charge in [0, 0.05) is 11.8 Å². The lowest BCUT2D eigenvalue weighted by molar-refractivity contribution is 0.0520. The topological polar surface area (TPSA) is 65.5 Å². The summed E-state index contributed by atoms with van der Waals surface area (Å²) in [7, 11) is 0. The predicted molar refractivity (Wildman–Crippen MR) is 112 cm³/mol. The van der Waals surface area contributed by atoms with Crippen molar-refractivity contribution in [2.75, 3.05) is 13.2 Å². The minimum atomic E-state index is -0.503. The molecule has 0 fully saturated rings. The van der Waals surface area contributed by atoms with Gasteiger partial charge in [-0.2, -0.15) is 0 Å². The summed E-state index contributed by atoms with van der Waals surface area (Å²) in [5.41, 5.74) is 1.64. The number of ether oxygens (including phenoxy) is 2. The summed E-state index contributed by atoms with van der Waals surface area (Å²) >= 11 is 1.14. The number of aromatic nitrogens is 1. The molecule has 0 bridgehead atoms. The maximum absolute atomic E-state index is 12.2. The molecule has 1 aliphatic carbocycles. The summed E-state index contributed by atoms with van der Waals surface area (Å²) in [6.45, 7) is 4.20. The second-order valence-electron chi connectivity index (χ2n) is 6.95. The van der Waals surface area contributed by atoms with Gasteiger partial charge in [-0.15, -0.1) is 11.3 Å². The Bertz CT molecular complexity index is 705. The highest BCUT2D eigenvalue weighted by Gasteiger charge is 2.17. The predicted octanol–water partition coefficient (Wildman–Crippen LogP) is 5.87. The van der Waals surface area contributed by atoms with E-state index in [0.29, 0.717) is 0 Å². The highest BCUT2D eigenvalue weighted by atomic mass is 32.1. The molecule has 6 heteroatoms. The van der Waals surface area contributed by atoms with Gasteiger partial charge in [0.25, 0.3) is 0 Å². The molecule has 2 rings (SSSR count). The van der Waals surface area contributed by atoms with Crippen LogP contribution in [0.25, 0.3) is 0 Å². The Morgan fingerprint density at radius 1 is 1.07 bits per heavy atom. The Morgan fingerprint density at radius 3 is 2.57 bits per heavy atom. The van der Waals surface area contributed by atoms with Crippen molar-refractivity contribution < 1.29 is 19.1 Å². The number of carbonyl (C=O) groups excluding carboxylic acids is 2. The Balaban J connectivity index is 1.71. The number of Topliss-reactive ketones (excluding diaryl/α,β-unsaturated/α-hetero) is 1. The summed E-state index contributed by atoms with van der Waals surface area (Å²) in [5, 5.41) is 1.82. The zero-order valence-electron chi connectivity index (χ0n) is 17.0. The van der Waals surface area contributed by atoms with Crippen LogP contribution < -0.4 is 0 Å². The maximum atomic E-state index is 12.2. The van der Waals surface area contributed by atoms with Gasteiger partial charge in [0.1, 0.15) is 0 Å². The summed E-state index contributed by atoms with van der Waals surface area (Å²) in [6.07, 6.45) is 15.0. The first kappa shape index (κ1) is 22.3. The number of allylic oxidation sites excluding steroid dienone is 4. The van der Waals surface area contributed by atoms with Gasteiger partial charge in [0.2, 0.25) is 5.78 Å². The average molecular weight is 406 g/mol. The third kappa shape index (κ3) is 7.58. The van der Waals surface area contributed by atoms with Crippen LogP contribution in [0.4, 0.5) is 0 Å². The lowest BCUT2D eigenvalue weighted by Crippen LogP contribution is -2.11. The minimum absolute atomic E-state index is 0.0534. The molecule has 0 unspecified atom stereocenters. The highest BCUT2D eigenvalue weighted by Crippen LogP contribution is 2.24. The van der Waals surface area contributed by atoms with E-state index in [1.54, 1.807) is 12.3 Å². The van der Waals surface area contributed by atoms with E-state index in [1.165, 1.54) is 44.1 Å². The number of esters is 1. The van der Waals surface area contributed by atoms with Crippen LogP contribution in [0.1, 0.15) is 91.9 Å². The number of hydrogen-bond donors (Lipinski definition) is 0. The van der Waals surface area contributed by atoms with Crippen molar-refractivity contribution in [1.29, 1.82) is 0 Å². The van der Waals surface area contributed by atoms with Gasteiger partial charge in [-0.25, -0.2) is 9.78 Å². The maximum Gasteiger partial charge on any atom is 0.357 e. The fourth-order valence-corrected chi connectivity index (χ4v) is 3.76. The molecule has 28 heavy (non-hydrogen) atoms. The van der Waals surface area contributed by atoms with E-state index in [9.17, 15) is 9.59 Å². The van der Waals surface area contributed by atoms with Gasteiger partial charge in [-0.1, -0.05) is 50.7 Å². The van der Waals surface area contributed by atoms with Gasteiger partial charge in [0.15, 0.2) is 17.3 Å². The molecule has 154 valence electrons. The monoisotopic (exact) mass is 405 g/mol. The molecular formula is C22H31NO4S. The molecule has 0 radical (unpaired) electrons. The van der Waals surface area contributed by atoms with Crippen LogP contribution in [0.5, 0.6) is 0 Å². The van der Waals surface area contributed by atoms with Crippen molar-refractivity contribution in [2.45, 2.75) is 71.6 Å². The minimum Gasteiger partial charge on any atom is -0.490 e. The van der Waals surface area contributed by atoms with Gasteiger partial charge in [0.05, 0.1) is 12.4 Å². The van der Waals surface area contributed by atoms with Crippen LogP contribution in [0, 0.1) is 0 Å². The summed E-state index contributed by atoms with van der Waals surface area (Å²) < 4.78 is 10.5. The zero-order valence-corrected chi connectivity index (χ0v) is 17.8. The summed E-state index contributed by atoms with van der Waals surface area (Å²) in [4.78, 5) is 27.9. The van der Waals surface area contributed by atoms with Crippen LogP contribution in [0.3, 0.4) is 0 Å². The molecule has 0 atom stereocenters. The fraction of sp³-hybridized carbons (Fsp3) is 0.591. The largest absolute Gasteiger partial charge is 0.490 e. The Morgan fingerprint density at radius 2 is 1.86 bits per heavy atom. The zero-order chi connectivity index (χ0) is 20.2. The molecule has 0 amide bonds. The van der Waals surface area contributed by atoms with Gasteiger partial charge in [-0.3, -0.25) is 4.79 Å². The van der Waals surface area contributed by atoms with Crippen molar-refractivity contribution in [3.05, 3.63) is 39.6 Å². The molecule has 1 aromatic rings. The molecule has 0 saturated heterocycles. The first-order valence-corrected chi connectivity index (χ1v) is 11.2. The van der Waals surface area contributed by atoms with Crippen molar-refractivity contribution >= 4 is 23.1 Å². The van der Waals surface area contributed by atoms with Crippen LogP contribution in [0.15, 0.2) is 28.9 Å². The average Bonchev–Trinajstić information content (AvgIpc) is 3.20. The molecule has 1 aliphatic rings. The van der Waals surface area contributed by atoms with Gasteiger partial charge >= 0.3 is 5.97 Å². The Labute approximate surface area is 171 Å². The SMILES string of the molecule is CCCCCCCCC1=CC=C(OCC(=O)c2nc(C(=O)OCC)cs2)CC1. The van der Waals surface area contributed by atoms with Crippen LogP contribution >= 0.6 is 11.3 Å². The number of unbranched alkanes of at least 4 members (excludes halogenated alkanes) is 5. The number of hydrogen-bond acceptors (Lipinski definition) is 6. The number of nitrogens with zero attached hydrogens (tertiary/aromatic N) is 1. The lowest BCUT2D eigenvalue weighted by atomic mass is 9.97. The molecule has 0 N–H and O–H groups in total. The fourth-order valence-electron chi connectivity index (χ4n) is 3.04. The van der Waals surface area contributed by atoms with Gasteiger partial charge < -0.3 is 9.47 Å². The van der Waals surface area contributed by atoms with E-state index < -0.39 is 5.97 Å². The second kappa shape index (κ2) is 12.5. The smallest absolute Gasteiger partial charge is 0.357 e. The van der Waals surface area contributed by atoms with E-state index in [2.05, 4.69) is 18.0 Å². The lowest BCUT2D eigenvalue weighted by Gasteiger charge is -2.15. The first-order chi connectivity index (χ1) is 13.6. The number of carbonyl (C=O) groups is 2. The van der Waals surface area contributed by atoms with Crippen molar-refractivity contribution in [3.8, 4) is 0 Å². The molecule has 5 nitrogen and oxygen atoms in total. The third-order valence-electron chi connectivity index (χ3n) is 4.66. The van der Waals surface area contributed by atoms with E-state index >= 15 is 0 Å². The third-order valence-corrected chi connectivity index (χ3v) is 5.55. The molecule has 0 saturated carbocycles. The van der Waals surface area contributed by atoms with Crippen LogP contribution in [-0.4, -0.2) is 30.0 Å². The van der Waals surface area contributed by atoms with Gasteiger partial charge in [-0.05, 0) is 32.3 Å². The second-order valence-corrected chi connectivity index (χ2v) is 7.80. The first-order valence-electron chi connectivity index (χ1n) is 10.3. The highest BCUT2D eigenvalue weighted by molar-refractivity contribution is 7.12. The number of ketones is 1. The molecular weight excluding hydrogens is 374 g/mol. The van der Waals surface area contributed by atoms with E-state index in [0.717, 1.165) is 36.4 Å². The number of thiazole rings is 1. The summed E-state index contributed by atoms with van der Waals surface area (Å²) in [6, 6.07) is 0. The van der Waals surface area contributed by atoms with E-state index in [4.69, 9.17) is 9.47 Å². The van der Waals surface area contributed by atoms with E-state index in [-0.39, 0.29) is 29.7 Å². The number of rotatable bonds is 13. The normalized spacial score (nSPS) is 13.6. The summed E-state index contributed by atoms with van der Waals surface area (Å²) in [5.74, 6) is 0.113. The Hall–Kier alpha value is -1.95. The quantitative estimate of drug-likeness (QED) is 0.233. The van der Waals surface area contributed by atoms with Crippen molar-refractivity contribution in [3.63, 3.8) is 0 Å². The standard InChI is InChI=1S/C22H31NO4S/c1-3-5-6-7-8-9-10-17-11-13-18(14-12-17)27-15-20(24)21-23-19(16-28-21)22(25)26-4-2/h11,13,16H,3-10,12,14-15H2,1-2H3. The Kier molecular flexibility index (Phi) is 9.97. The van der Waals surface area contributed by atoms with Crippen LogP contribution in [-0.2, 0) is 9.47 Å². The molecule has 0 spiro atoms. The van der Waals surface area contributed by atoms with Crippen LogP contribution in [0.2, 0.25) is 0 Å². The molecule has 0 aliphatic heterocycles. The molecule has 1 aromatic heterocycles. The molecule has 1 heterocycles. The van der Waals surface area contributed by atoms with Crippen molar-refractivity contribution in [2.24, 2.45) is 0 Å². The van der Waals surface area contributed by atoms with E-state index in [1.807, 2.05) is 6.08 Å². The van der Waals surface area contributed by atoms with Crippen molar-refractivity contribution in [1.82, 2.24) is 4.98 Å². The molecule has 0 aromatic carbocycles.